The molecule has 0 aliphatic carbocycles. The van der Waals surface area contributed by atoms with Crippen molar-refractivity contribution in [3.05, 3.63) is 84.0 Å². The number of carboxylic acid groups (broad SMARTS) is 2. The number of H-pyrrole nitrogens is 1. The quantitative estimate of drug-likeness (QED) is 0.462. The van der Waals surface area contributed by atoms with E-state index in [-0.39, 0.29) is 5.78 Å². The molecule has 7 heteroatoms. The van der Waals surface area contributed by atoms with Crippen LogP contribution in [-0.4, -0.2) is 37.9 Å². The molecule has 0 aliphatic heterocycles. The number of rotatable bonds is 5. The third kappa shape index (κ3) is 6.06. The summed E-state index contributed by atoms with van der Waals surface area (Å²) in [5.41, 5.74) is 2.43. The molecule has 28 heavy (non-hydrogen) atoms. The van der Waals surface area contributed by atoms with Gasteiger partial charge in [-0.1, -0.05) is 36.4 Å². The van der Waals surface area contributed by atoms with E-state index in [1.54, 1.807) is 18.5 Å². The minimum Gasteiger partial charge on any atom is -0.478 e. The number of carbonyl (C=O) groups is 3. The lowest BCUT2D eigenvalue weighted by Gasteiger charge is -2.00. The SMILES string of the molecule is Cc1[nH]cnc1/C=C/C(=O)c1ccc2ccccc2c1.O=C(O)/C=C\C(=O)O. The van der Waals surface area contributed by atoms with Gasteiger partial charge in [-0.2, -0.15) is 0 Å². The molecule has 0 unspecified atom stereocenters. The van der Waals surface area contributed by atoms with Crippen molar-refractivity contribution in [2.75, 3.05) is 0 Å². The number of aromatic nitrogens is 2. The summed E-state index contributed by atoms with van der Waals surface area (Å²) in [6.07, 6.45) is 6.04. The Balaban J connectivity index is 0.000000300. The molecule has 0 fully saturated rings. The van der Waals surface area contributed by atoms with Crippen LogP contribution in [0.3, 0.4) is 0 Å². The predicted molar refractivity (Wildman–Crippen MR) is 105 cm³/mol. The maximum atomic E-state index is 12.2. The van der Waals surface area contributed by atoms with Crippen LogP contribution in [0.4, 0.5) is 0 Å². The Morgan fingerprint density at radius 1 is 0.929 bits per heavy atom. The van der Waals surface area contributed by atoms with E-state index in [0.29, 0.717) is 17.7 Å². The van der Waals surface area contributed by atoms with Crippen LogP contribution in [0, 0.1) is 6.92 Å². The number of nitrogens with zero attached hydrogens (tertiary/aromatic N) is 1. The second-order valence-corrected chi connectivity index (χ2v) is 5.68. The van der Waals surface area contributed by atoms with E-state index < -0.39 is 11.9 Å². The Hall–Kier alpha value is -4.00. The van der Waals surface area contributed by atoms with Crippen molar-refractivity contribution in [3.63, 3.8) is 0 Å². The van der Waals surface area contributed by atoms with Crippen LogP contribution in [0.25, 0.3) is 16.8 Å². The van der Waals surface area contributed by atoms with Gasteiger partial charge in [0.25, 0.3) is 0 Å². The maximum absolute atomic E-state index is 12.2. The number of imidazole rings is 1. The van der Waals surface area contributed by atoms with Crippen LogP contribution in [0.1, 0.15) is 21.7 Å². The number of carbonyl (C=O) groups excluding carboxylic acids is 1. The summed E-state index contributed by atoms with van der Waals surface area (Å²) in [6.45, 7) is 1.92. The zero-order valence-electron chi connectivity index (χ0n) is 15.0. The van der Waals surface area contributed by atoms with Crippen molar-refractivity contribution in [3.8, 4) is 0 Å². The molecule has 142 valence electrons. The van der Waals surface area contributed by atoms with E-state index in [2.05, 4.69) is 9.97 Å². The first-order valence-corrected chi connectivity index (χ1v) is 8.22. The number of aryl methyl sites for hydroxylation is 1. The fraction of sp³-hybridized carbons (Fsp3) is 0.0476. The van der Waals surface area contributed by atoms with Gasteiger partial charge in [-0.3, -0.25) is 4.79 Å². The molecule has 0 amide bonds. The van der Waals surface area contributed by atoms with Gasteiger partial charge in [0.15, 0.2) is 5.78 Å². The number of benzene rings is 2. The molecule has 3 rings (SSSR count). The highest BCUT2D eigenvalue weighted by Crippen LogP contribution is 2.16. The molecule has 1 aromatic heterocycles. The highest BCUT2D eigenvalue weighted by Gasteiger charge is 2.04. The summed E-state index contributed by atoms with van der Waals surface area (Å²) < 4.78 is 0. The van der Waals surface area contributed by atoms with Gasteiger partial charge in [0.1, 0.15) is 0 Å². The number of ketones is 1. The summed E-state index contributed by atoms with van der Waals surface area (Å²) in [6, 6.07) is 13.7. The smallest absolute Gasteiger partial charge is 0.328 e. The van der Waals surface area contributed by atoms with E-state index in [9.17, 15) is 14.4 Å². The van der Waals surface area contributed by atoms with Gasteiger partial charge in [-0.25, -0.2) is 14.6 Å². The first-order chi connectivity index (χ1) is 13.4. The van der Waals surface area contributed by atoms with Crippen molar-refractivity contribution in [2.45, 2.75) is 6.92 Å². The van der Waals surface area contributed by atoms with Crippen molar-refractivity contribution in [1.82, 2.24) is 9.97 Å². The summed E-state index contributed by atoms with van der Waals surface area (Å²) in [7, 11) is 0. The molecule has 3 N–H and O–H groups in total. The number of hydrogen-bond acceptors (Lipinski definition) is 4. The monoisotopic (exact) mass is 378 g/mol. The van der Waals surface area contributed by atoms with Crippen LogP contribution in [0.15, 0.2) is 67.0 Å². The molecule has 0 bridgehead atoms. The second kappa shape index (κ2) is 9.63. The van der Waals surface area contributed by atoms with Gasteiger partial charge in [-0.15, -0.1) is 0 Å². The standard InChI is InChI=1S/C17H14N2O.C4H4O4/c1-12-16(19-11-18-12)8-9-17(20)15-7-6-13-4-2-3-5-14(13)10-15;5-3(6)1-2-4(7)8/h2-11H,1H3,(H,18,19);1-2H,(H,5,6)(H,7,8)/b9-8+;2-1-. The van der Waals surface area contributed by atoms with Gasteiger partial charge in [0, 0.05) is 23.4 Å². The average Bonchev–Trinajstić information content (AvgIpc) is 3.09. The summed E-state index contributed by atoms with van der Waals surface area (Å²) in [5, 5.41) is 17.8. The first kappa shape index (κ1) is 20.3. The number of aromatic amines is 1. The largest absolute Gasteiger partial charge is 0.478 e. The normalized spacial score (nSPS) is 10.8. The Morgan fingerprint density at radius 3 is 2.14 bits per heavy atom. The highest BCUT2D eigenvalue weighted by molar-refractivity contribution is 6.08. The van der Waals surface area contributed by atoms with E-state index in [1.807, 2.05) is 49.4 Å². The molecule has 0 saturated carbocycles. The van der Waals surface area contributed by atoms with E-state index in [0.717, 1.165) is 22.2 Å². The molecule has 3 aromatic rings. The van der Waals surface area contributed by atoms with Crippen LogP contribution in [-0.2, 0) is 9.59 Å². The Morgan fingerprint density at radius 2 is 1.57 bits per heavy atom. The van der Waals surface area contributed by atoms with Gasteiger partial charge in [-0.05, 0) is 35.9 Å². The van der Waals surface area contributed by atoms with Crippen molar-refractivity contribution in [1.29, 1.82) is 0 Å². The lowest BCUT2D eigenvalue weighted by Crippen LogP contribution is -1.94. The van der Waals surface area contributed by atoms with Crippen molar-refractivity contribution >= 4 is 34.6 Å². The summed E-state index contributed by atoms with van der Waals surface area (Å²) >= 11 is 0. The Kier molecular flexibility index (Phi) is 6.99. The van der Waals surface area contributed by atoms with Crippen LogP contribution >= 0.6 is 0 Å². The number of allylic oxidation sites excluding steroid dienone is 1. The fourth-order valence-corrected chi connectivity index (χ4v) is 2.27. The molecule has 1 heterocycles. The molecule has 0 saturated heterocycles. The molecular formula is C21H18N2O5. The second-order valence-electron chi connectivity index (χ2n) is 5.68. The number of hydrogen-bond donors (Lipinski definition) is 3. The molecule has 0 atom stereocenters. The third-order valence-corrected chi connectivity index (χ3v) is 3.66. The Labute approximate surface area is 160 Å². The molecule has 0 radical (unpaired) electrons. The van der Waals surface area contributed by atoms with E-state index >= 15 is 0 Å². The molecule has 2 aromatic carbocycles. The zero-order chi connectivity index (χ0) is 20.5. The molecule has 0 spiro atoms. The average molecular weight is 378 g/mol. The summed E-state index contributed by atoms with van der Waals surface area (Å²) in [5.74, 6) is -2.53. The molecule has 7 nitrogen and oxygen atoms in total. The lowest BCUT2D eigenvalue weighted by molar-refractivity contribution is -0.134. The van der Waals surface area contributed by atoms with Gasteiger partial charge >= 0.3 is 11.9 Å². The summed E-state index contributed by atoms with van der Waals surface area (Å²) in [4.78, 5) is 38.4. The fourth-order valence-electron chi connectivity index (χ4n) is 2.27. The number of nitrogens with one attached hydrogen (secondary N) is 1. The van der Waals surface area contributed by atoms with Crippen LogP contribution in [0.5, 0.6) is 0 Å². The van der Waals surface area contributed by atoms with Crippen molar-refractivity contribution in [2.24, 2.45) is 0 Å². The molecular weight excluding hydrogens is 360 g/mol. The minimum atomic E-state index is -1.26. The maximum Gasteiger partial charge on any atom is 0.328 e. The first-order valence-electron chi connectivity index (χ1n) is 8.22. The number of aliphatic carboxylic acids is 2. The van der Waals surface area contributed by atoms with E-state index in [1.165, 1.54) is 0 Å². The number of fused-ring (bicyclic) bond motifs is 1. The highest BCUT2D eigenvalue weighted by atomic mass is 16.4. The zero-order valence-corrected chi connectivity index (χ0v) is 15.0. The number of carboxylic acids is 2. The Bertz CT molecular complexity index is 1050. The van der Waals surface area contributed by atoms with Crippen LogP contribution in [0.2, 0.25) is 0 Å². The van der Waals surface area contributed by atoms with Gasteiger partial charge in [0.2, 0.25) is 0 Å². The third-order valence-electron chi connectivity index (χ3n) is 3.66. The predicted octanol–water partition coefficient (Wildman–Crippen LogP) is 3.48. The lowest BCUT2D eigenvalue weighted by atomic mass is 10.0. The van der Waals surface area contributed by atoms with Gasteiger partial charge < -0.3 is 15.2 Å². The van der Waals surface area contributed by atoms with Crippen molar-refractivity contribution < 1.29 is 24.6 Å². The topological polar surface area (TPSA) is 120 Å². The van der Waals surface area contributed by atoms with E-state index in [4.69, 9.17) is 10.2 Å². The van der Waals surface area contributed by atoms with Crippen LogP contribution < -0.4 is 0 Å². The van der Waals surface area contributed by atoms with Gasteiger partial charge in [0.05, 0.1) is 12.0 Å². The minimum absolute atomic E-state index is 0.0156. The molecule has 0 aliphatic rings.